The molecule has 2 aromatic carbocycles. The van der Waals surface area contributed by atoms with Gasteiger partial charge < -0.3 is 10.4 Å². The van der Waals surface area contributed by atoms with Gasteiger partial charge in [-0.3, -0.25) is 4.79 Å². The molecule has 1 aliphatic heterocycles. The van der Waals surface area contributed by atoms with Gasteiger partial charge in [0.2, 0.25) is 0 Å². The van der Waals surface area contributed by atoms with Gasteiger partial charge in [0.1, 0.15) is 5.75 Å². The molecule has 0 atom stereocenters. The summed E-state index contributed by atoms with van der Waals surface area (Å²) < 4.78 is 1.80. The van der Waals surface area contributed by atoms with Crippen molar-refractivity contribution in [2.24, 2.45) is 0 Å². The number of carbonyl (C=O) groups excluding carboxylic acids is 1. The highest BCUT2D eigenvalue weighted by atomic mass is 79.9. The summed E-state index contributed by atoms with van der Waals surface area (Å²) in [5.74, 6) is 0.628. The Balaban J connectivity index is 2.24. The van der Waals surface area contributed by atoms with Crippen molar-refractivity contribution in [3.05, 3.63) is 55.0 Å². The van der Waals surface area contributed by atoms with E-state index in [1.165, 1.54) is 0 Å². The first-order valence-corrected chi connectivity index (χ1v) is 10.6. The van der Waals surface area contributed by atoms with Gasteiger partial charge in [-0.15, -0.1) is 0 Å². The number of phenolic OH excluding ortho intramolecular Hbond substituents is 1. The van der Waals surface area contributed by atoms with Crippen molar-refractivity contribution in [3.63, 3.8) is 0 Å². The zero-order valence-corrected chi connectivity index (χ0v) is 19.2. The van der Waals surface area contributed by atoms with Gasteiger partial charge in [-0.05, 0) is 81.2 Å². The van der Waals surface area contributed by atoms with E-state index in [-0.39, 0.29) is 17.7 Å². The Hall–Kier alpha value is -1.59. The molecule has 0 radical (unpaired) electrons. The summed E-state index contributed by atoms with van der Waals surface area (Å²) in [6.07, 6.45) is 1.92. The largest absolute Gasteiger partial charge is 0.507 e. The smallest absolute Gasteiger partial charge is 0.256 e. The quantitative estimate of drug-likeness (QED) is 0.454. The summed E-state index contributed by atoms with van der Waals surface area (Å²) in [6.45, 7) is 10.2. The van der Waals surface area contributed by atoms with Gasteiger partial charge in [0, 0.05) is 20.1 Å². The lowest BCUT2D eigenvalue weighted by molar-refractivity contribution is -0.110. The second kappa shape index (κ2) is 7.44. The third-order valence-electron chi connectivity index (χ3n) is 4.97. The van der Waals surface area contributed by atoms with Crippen molar-refractivity contribution in [1.82, 2.24) is 0 Å². The van der Waals surface area contributed by atoms with Crippen molar-refractivity contribution < 1.29 is 9.90 Å². The predicted molar refractivity (Wildman–Crippen MR) is 119 cm³/mol. The van der Waals surface area contributed by atoms with Gasteiger partial charge in [-0.1, -0.05) is 43.6 Å². The number of phenols is 1. The molecule has 0 fully saturated rings. The van der Waals surface area contributed by atoms with E-state index in [4.69, 9.17) is 0 Å². The van der Waals surface area contributed by atoms with Crippen LogP contribution in [0, 0.1) is 6.92 Å². The third-order valence-corrected chi connectivity index (χ3v) is 6.42. The highest BCUT2D eigenvalue weighted by molar-refractivity contribution is 9.11. The first-order chi connectivity index (χ1) is 12.6. The van der Waals surface area contributed by atoms with E-state index in [2.05, 4.69) is 64.9 Å². The average Bonchev–Trinajstić information content (AvgIpc) is 2.91. The molecule has 3 nitrogen and oxygen atoms in total. The first kappa shape index (κ1) is 20.2. The van der Waals surface area contributed by atoms with Crippen molar-refractivity contribution >= 4 is 55.1 Å². The van der Waals surface area contributed by atoms with Crippen LogP contribution in [0.25, 0.3) is 11.6 Å². The number of nitrogens with one attached hydrogen (secondary N) is 1. The molecule has 1 aliphatic rings. The highest BCUT2D eigenvalue weighted by Crippen LogP contribution is 2.44. The zero-order valence-electron chi connectivity index (χ0n) is 16.1. The summed E-state index contributed by atoms with van der Waals surface area (Å²) in [5.41, 5.74) is 6.10. The maximum Gasteiger partial charge on any atom is 0.256 e. The number of aromatic hydroxyl groups is 1. The molecule has 2 aromatic rings. The second-order valence-corrected chi connectivity index (χ2v) is 9.29. The van der Waals surface area contributed by atoms with Crippen LogP contribution in [0.4, 0.5) is 5.69 Å². The molecule has 0 saturated carbocycles. The molecule has 0 aliphatic carbocycles. The number of carbonyl (C=O) groups is 1. The Morgan fingerprint density at radius 2 is 1.56 bits per heavy atom. The van der Waals surface area contributed by atoms with Crippen molar-refractivity contribution in [2.45, 2.75) is 46.5 Å². The normalized spacial score (nSPS) is 15.0. The van der Waals surface area contributed by atoms with Crippen LogP contribution in [0.5, 0.6) is 5.75 Å². The fourth-order valence-corrected chi connectivity index (χ4v) is 4.70. The van der Waals surface area contributed by atoms with Gasteiger partial charge in [-0.25, -0.2) is 0 Å². The summed E-state index contributed by atoms with van der Waals surface area (Å²) in [6, 6.07) is 5.91. The van der Waals surface area contributed by atoms with E-state index in [1.54, 1.807) is 0 Å². The summed E-state index contributed by atoms with van der Waals surface area (Å²) in [5, 5.41) is 13.6. The Bertz CT molecular complexity index is 946. The molecular weight excluding hydrogens is 470 g/mol. The number of hydrogen-bond acceptors (Lipinski definition) is 2. The second-order valence-electron chi connectivity index (χ2n) is 7.58. The number of fused-ring (bicyclic) bond motifs is 1. The highest BCUT2D eigenvalue weighted by Gasteiger charge is 2.29. The lowest BCUT2D eigenvalue weighted by Crippen LogP contribution is -2.04. The molecular formula is C22H23Br2NO2. The number of rotatable bonds is 3. The van der Waals surface area contributed by atoms with Gasteiger partial charge in [0.25, 0.3) is 5.91 Å². The third kappa shape index (κ3) is 3.59. The van der Waals surface area contributed by atoms with Crippen LogP contribution in [0.3, 0.4) is 0 Å². The van der Waals surface area contributed by atoms with E-state index < -0.39 is 0 Å². The minimum atomic E-state index is -0.114. The standard InChI is InChI=1S/C22H23Br2NO2/c1-10(2)14-6-13(7-15(11(3)4)21(14)26)8-16-19-12(5)17(23)9-18(24)20(19)25-22(16)27/h6-11,26H,1-5H3,(H,25,27). The molecule has 0 spiro atoms. The summed E-state index contributed by atoms with van der Waals surface area (Å²) in [7, 11) is 0. The number of benzene rings is 2. The topological polar surface area (TPSA) is 49.3 Å². The fraction of sp³-hybridized carbons (Fsp3) is 0.318. The van der Waals surface area contributed by atoms with Crippen LogP contribution < -0.4 is 5.32 Å². The number of amides is 1. The summed E-state index contributed by atoms with van der Waals surface area (Å²) in [4.78, 5) is 12.7. The maximum atomic E-state index is 12.7. The van der Waals surface area contributed by atoms with Crippen LogP contribution in [-0.4, -0.2) is 11.0 Å². The minimum Gasteiger partial charge on any atom is -0.507 e. The Morgan fingerprint density at radius 3 is 2.07 bits per heavy atom. The van der Waals surface area contributed by atoms with Gasteiger partial charge in [-0.2, -0.15) is 0 Å². The van der Waals surface area contributed by atoms with Crippen molar-refractivity contribution in [2.75, 3.05) is 5.32 Å². The van der Waals surface area contributed by atoms with Gasteiger partial charge in [0.15, 0.2) is 0 Å². The lowest BCUT2D eigenvalue weighted by Gasteiger charge is -2.17. The number of hydrogen-bond donors (Lipinski definition) is 2. The van der Waals surface area contributed by atoms with Crippen LogP contribution in [0.1, 0.15) is 67.3 Å². The Labute approximate surface area is 177 Å². The van der Waals surface area contributed by atoms with Crippen LogP contribution in [0.2, 0.25) is 0 Å². The average molecular weight is 493 g/mol. The first-order valence-electron chi connectivity index (χ1n) is 9.00. The predicted octanol–water partition coefficient (Wildman–Crippen LogP) is 6.97. The molecule has 142 valence electrons. The molecule has 3 rings (SSSR count). The van der Waals surface area contributed by atoms with E-state index >= 15 is 0 Å². The lowest BCUT2D eigenvalue weighted by atomic mass is 9.90. The Morgan fingerprint density at radius 1 is 1.00 bits per heavy atom. The Kier molecular flexibility index (Phi) is 5.55. The molecule has 1 heterocycles. The van der Waals surface area contributed by atoms with Gasteiger partial charge >= 0.3 is 0 Å². The molecule has 0 saturated heterocycles. The fourth-order valence-electron chi connectivity index (χ4n) is 3.44. The van der Waals surface area contributed by atoms with E-state index in [1.807, 2.05) is 31.2 Å². The van der Waals surface area contributed by atoms with Crippen LogP contribution >= 0.6 is 31.9 Å². The van der Waals surface area contributed by atoms with E-state index in [0.717, 1.165) is 42.5 Å². The van der Waals surface area contributed by atoms with Crippen LogP contribution in [-0.2, 0) is 4.79 Å². The molecule has 5 heteroatoms. The molecule has 0 unspecified atom stereocenters. The van der Waals surface area contributed by atoms with Crippen molar-refractivity contribution in [3.8, 4) is 5.75 Å². The molecule has 27 heavy (non-hydrogen) atoms. The maximum absolute atomic E-state index is 12.7. The number of anilines is 1. The van der Waals surface area contributed by atoms with Crippen molar-refractivity contribution in [1.29, 1.82) is 0 Å². The zero-order chi connectivity index (χ0) is 20.0. The van der Waals surface area contributed by atoms with Gasteiger partial charge in [0.05, 0.1) is 5.69 Å². The molecule has 0 bridgehead atoms. The summed E-state index contributed by atoms with van der Waals surface area (Å²) >= 11 is 7.11. The molecule has 1 amide bonds. The SMILES string of the molecule is Cc1c(Br)cc(Br)c2c1C(=Cc1cc(C(C)C)c(O)c(C(C)C)c1)C(=O)N2. The molecule has 2 N–H and O–H groups in total. The number of halogens is 2. The monoisotopic (exact) mass is 491 g/mol. The minimum absolute atomic E-state index is 0.114. The van der Waals surface area contributed by atoms with Crippen LogP contribution in [0.15, 0.2) is 27.1 Å². The molecule has 0 aromatic heterocycles. The van der Waals surface area contributed by atoms with E-state index in [9.17, 15) is 9.90 Å². The van der Waals surface area contributed by atoms with E-state index in [0.29, 0.717) is 11.3 Å².